The van der Waals surface area contributed by atoms with Crippen LogP contribution in [0.1, 0.15) is 17.3 Å². The first-order valence-electron chi connectivity index (χ1n) is 9.97. The molecule has 1 fully saturated rings. The molecule has 1 heterocycles. The van der Waals surface area contributed by atoms with Gasteiger partial charge in [0.05, 0.1) is 23.9 Å². The first-order chi connectivity index (χ1) is 15.6. The van der Waals surface area contributed by atoms with Gasteiger partial charge in [0.15, 0.2) is 0 Å². The topological polar surface area (TPSA) is 79.4 Å². The van der Waals surface area contributed by atoms with E-state index in [1.165, 1.54) is 20.1 Å². The molecule has 1 aliphatic heterocycles. The van der Waals surface area contributed by atoms with Crippen molar-refractivity contribution in [3.8, 4) is 0 Å². The van der Waals surface area contributed by atoms with Crippen LogP contribution in [-0.2, 0) is 19.1 Å². The summed E-state index contributed by atoms with van der Waals surface area (Å²) in [5.41, 5.74) is -1.16. The zero-order valence-corrected chi connectivity index (χ0v) is 18.5. The molecule has 1 aliphatic rings. The van der Waals surface area contributed by atoms with Gasteiger partial charge in [0.2, 0.25) is 0 Å². The Morgan fingerprint density at radius 1 is 1.03 bits per heavy atom. The average molecular weight is 499 g/mol. The van der Waals surface area contributed by atoms with Crippen molar-refractivity contribution in [2.75, 3.05) is 56.7 Å². The third-order valence-corrected chi connectivity index (χ3v) is 5.11. The molecule has 1 atom stereocenters. The van der Waals surface area contributed by atoms with Gasteiger partial charge < -0.3 is 24.2 Å². The molecule has 0 radical (unpaired) electrons. The molecule has 2 rings (SSSR count). The van der Waals surface area contributed by atoms with Crippen molar-refractivity contribution in [1.29, 1.82) is 0 Å². The van der Waals surface area contributed by atoms with Crippen LogP contribution in [0.25, 0.3) is 0 Å². The lowest BCUT2D eigenvalue weighted by molar-refractivity contribution is -0.193. The lowest BCUT2D eigenvalue weighted by Gasteiger charge is -2.35. The molecular weight excluding hydrogens is 476 g/mol. The smallest absolute Gasteiger partial charge is 0.383 e. The largest absolute Gasteiger partial charge is 0.491 e. The lowest BCUT2D eigenvalue weighted by atomic mass is 10.1. The maximum atomic E-state index is 13.4. The molecule has 0 bridgehead atoms. The number of halogens is 6. The Balaban J connectivity index is 2.58. The number of piperazine rings is 1. The van der Waals surface area contributed by atoms with Crippen LogP contribution in [0.2, 0.25) is 0 Å². The van der Waals surface area contributed by atoms with Crippen molar-refractivity contribution >= 4 is 29.2 Å². The van der Waals surface area contributed by atoms with Crippen LogP contribution in [-0.4, -0.2) is 88.1 Å². The Labute approximate surface area is 191 Å². The van der Waals surface area contributed by atoms with E-state index in [1.807, 2.05) is 11.9 Å². The van der Waals surface area contributed by atoms with Crippen LogP contribution in [0.15, 0.2) is 18.2 Å². The minimum Gasteiger partial charge on any atom is -0.383 e. The number of likely N-dealkylation sites (N-methyl/N-ethyl adjacent to an activating group) is 1. The van der Waals surface area contributed by atoms with Crippen LogP contribution in [0.4, 0.5) is 37.7 Å². The van der Waals surface area contributed by atoms with E-state index in [1.54, 1.807) is 4.90 Å². The SMILES string of the molecule is COC(C)CN(C(=O)C(F)(F)F)c1cc(N2CCN(C)CC2)ccc1C(=O)OC(=O)C(F)(F)F. The van der Waals surface area contributed by atoms with Gasteiger partial charge in [0.1, 0.15) is 0 Å². The highest BCUT2D eigenvalue weighted by atomic mass is 19.4. The second-order valence-electron chi connectivity index (χ2n) is 7.63. The van der Waals surface area contributed by atoms with E-state index in [9.17, 15) is 40.7 Å². The van der Waals surface area contributed by atoms with Crippen LogP contribution in [0.3, 0.4) is 0 Å². The van der Waals surface area contributed by atoms with Crippen molar-refractivity contribution in [2.24, 2.45) is 0 Å². The van der Waals surface area contributed by atoms with Gasteiger partial charge in [-0.2, -0.15) is 26.3 Å². The molecule has 1 saturated heterocycles. The van der Waals surface area contributed by atoms with Gasteiger partial charge in [-0.05, 0) is 32.2 Å². The molecule has 1 unspecified atom stereocenters. The minimum absolute atomic E-state index is 0.183. The van der Waals surface area contributed by atoms with Crippen LogP contribution < -0.4 is 9.80 Å². The Kier molecular flexibility index (Phi) is 8.53. The Bertz CT molecular complexity index is 913. The molecule has 0 saturated carbocycles. The van der Waals surface area contributed by atoms with Gasteiger partial charge in [-0.1, -0.05) is 0 Å². The third-order valence-electron chi connectivity index (χ3n) is 5.11. The summed E-state index contributed by atoms with van der Waals surface area (Å²) in [5.74, 6) is -7.07. The minimum atomic E-state index is -5.51. The van der Waals surface area contributed by atoms with Gasteiger partial charge in [0.25, 0.3) is 0 Å². The summed E-state index contributed by atoms with van der Waals surface area (Å²) in [5, 5.41) is 0. The predicted octanol–water partition coefficient (Wildman–Crippen LogP) is 2.61. The van der Waals surface area contributed by atoms with E-state index in [0.717, 1.165) is 12.1 Å². The highest BCUT2D eigenvalue weighted by Gasteiger charge is 2.46. The molecule has 190 valence electrons. The number of esters is 2. The van der Waals surface area contributed by atoms with Crippen molar-refractivity contribution in [1.82, 2.24) is 4.90 Å². The van der Waals surface area contributed by atoms with E-state index >= 15 is 0 Å². The maximum absolute atomic E-state index is 13.4. The highest BCUT2D eigenvalue weighted by molar-refractivity contribution is 6.07. The van der Waals surface area contributed by atoms with E-state index in [-0.39, 0.29) is 4.90 Å². The predicted molar refractivity (Wildman–Crippen MR) is 108 cm³/mol. The summed E-state index contributed by atoms with van der Waals surface area (Å²) < 4.78 is 86.5. The normalized spacial score (nSPS) is 16.2. The summed E-state index contributed by atoms with van der Waals surface area (Å²) in [4.78, 5) is 39.7. The number of methoxy groups -OCH3 is 1. The second kappa shape index (κ2) is 10.6. The summed E-state index contributed by atoms with van der Waals surface area (Å²) in [6.07, 6.45) is -11.8. The molecule has 0 aliphatic carbocycles. The maximum Gasteiger partial charge on any atom is 0.491 e. The van der Waals surface area contributed by atoms with E-state index < -0.39 is 54.1 Å². The number of amides is 1. The summed E-state index contributed by atoms with van der Waals surface area (Å²) in [6, 6.07) is 3.29. The van der Waals surface area contributed by atoms with Gasteiger partial charge >= 0.3 is 30.2 Å². The van der Waals surface area contributed by atoms with Crippen LogP contribution in [0, 0.1) is 0 Å². The molecular formula is C20H23F6N3O5. The zero-order chi connectivity index (χ0) is 25.8. The second-order valence-corrected chi connectivity index (χ2v) is 7.63. The van der Waals surface area contributed by atoms with Gasteiger partial charge in [-0.15, -0.1) is 0 Å². The fraction of sp³-hybridized carbons (Fsp3) is 0.550. The Morgan fingerprint density at radius 2 is 1.62 bits per heavy atom. The number of benzene rings is 1. The van der Waals surface area contributed by atoms with Crippen molar-refractivity contribution in [3.05, 3.63) is 23.8 Å². The highest BCUT2D eigenvalue weighted by Crippen LogP contribution is 2.32. The molecule has 14 heteroatoms. The summed E-state index contributed by atoms with van der Waals surface area (Å²) in [7, 11) is 3.05. The quantitative estimate of drug-likeness (QED) is 0.338. The first kappa shape index (κ1) is 27.4. The molecule has 1 aromatic rings. The number of hydrogen-bond donors (Lipinski definition) is 0. The lowest BCUT2D eigenvalue weighted by Crippen LogP contribution is -2.46. The van der Waals surface area contributed by atoms with E-state index in [2.05, 4.69) is 4.74 Å². The number of hydrogen-bond acceptors (Lipinski definition) is 7. The fourth-order valence-electron chi connectivity index (χ4n) is 3.15. The average Bonchev–Trinajstić information content (AvgIpc) is 2.75. The number of carbonyl (C=O) groups is 3. The molecule has 1 amide bonds. The van der Waals surface area contributed by atoms with Crippen molar-refractivity contribution in [2.45, 2.75) is 25.4 Å². The molecule has 1 aromatic carbocycles. The molecule has 0 aromatic heterocycles. The van der Waals surface area contributed by atoms with Gasteiger partial charge in [-0.3, -0.25) is 4.79 Å². The standard InChI is InChI=1S/C20H23F6N3O5/c1-12(33-3)11-29(17(31)19(21,22)23)15-10-13(28-8-6-27(2)7-9-28)4-5-14(15)16(30)34-18(32)20(24,25)26/h4-5,10,12H,6-9,11H2,1-3H3. The number of anilines is 2. The van der Waals surface area contributed by atoms with Crippen molar-refractivity contribution < 1.29 is 50.2 Å². The molecule has 34 heavy (non-hydrogen) atoms. The van der Waals surface area contributed by atoms with Crippen LogP contribution >= 0.6 is 0 Å². The van der Waals surface area contributed by atoms with Gasteiger partial charge in [0, 0.05) is 39.0 Å². The van der Waals surface area contributed by atoms with E-state index in [0.29, 0.717) is 31.9 Å². The first-order valence-corrected chi connectivity index (χ1v) is 9.97. The van der Waals surface area contributed by atoms with Crippen molar-refractivity contribution in [3.63, 3.8) is 0 Å². The van der Waals surface area contributed by atoms with E-state index in [4.69, 9.17) is 4.74 Å². The number of nitrogens with zero attached hydrogens (tertiary/aromatic N) is 3. The molecule has 0 N–H and O–H groups in total. The summed E-state index contributed by atoms with van der Waals surface area (Å²) >= 11 is 0. The number of ether oxygens (including phenoxy) is 2. The molecule has 8 nitrogen and oxygen atoms in total. The monoisotopic (exact) mass is 499 g/mol. The Hall–Kier alpha value is -2.87. The van der Waals surface area contributed by atoms with Gasteiger partial charge in [-0.25, -0.2) is 9.59 Å². The summed E-state index contributed by atoms with van der Waals surface area (Å²) in [6.45, 7) is 2.83. The van der Waals surface area contributed by atoms with Crippen LogP contribution in [0.5, 0.6) is 0 Å². The molecule has 0 spiro atoms. The third kappa shape index (κ3) is 6.82. The fourth-order valence-corrected chi connectivity index (χ4v) is 3.15. The number of carbonyl (C=O) groups excluding carboxylic acids is 3. The number of alkyl halides is 6. The Morgan fingerprint density at radius 3 is 2.12 bits per heavy atom. The zero-order valence-electron chi connectivity index (χ0n) is 18.5. The number of rotatable bonds is 6.